The Kier molecular flexibility index (Phi) is 5.61. The second kappa shape index (κ2) is 8.65. The molecule has 0 spiro atoms. The average Bonchev–Trinajstić information content (AvgIpc) is 3.13. The third-order valence-electron chi connectivity index (χ3n) is 4.74. The predicted octanol–water partition coefficient (Wildman–Crippen LogP) is 4.10. The standard InChI is InChI=1S/C23H23N5O2/c1-16-10-11-20(30-2)19(15-16)27-23(29)25-14-12-21-26-18-9-6-13-24-22(18)28(21)17-7-4-3-5-8-17/h3-11,13,15H,12,14H2,1-2H3,(H2,25,27,29). The first-order valence-corrected chi connectivity index (χ1v) is 9.73. The van der Waals surface area contributed by atoms with Crippen molar-refractivity contribution in [1.82, 2.24) is 19.9 Å². The molecule has 0 bridgehead atoms. The minimum Gasteiger partial charge on any atom is -0.495 e. The predicted molar refractivity (Wildman–Crippen MR) is 117 cm³/mol. The molecule has 2 amide bonds. The van der Waals surface area contributed by atoms with Crippen LogP contribution in [0.5, 0.6) is 5.75 Å². The minimum atomic E-state index is -0.292. The number of benzene rings is 2. The highest BCUT2D eigenvalue weighted by Crippen LogP contribution is 2.25. The van der Waals surface area contributed by atoms with Crippen molar-refractivity contribution in [2.75, 3.05) is 19.0 Å². The zero-order valence-corrected chi connectivity index (χ0v) is 16.9. The van der Waals surface area contributed by atoms with Crippen molar-refractivity contribution >= 4 is 22.9 Å². The van der Waals surface area contributed by atoms with E-state index in [-0.39, 0.29) is 6.03 Å². The number of methoxy groups -OCH3 is 1. The Morgan fingerprint density at radius 3 is 2.73 bits per heavy atom. The molecule has 30 heavy (non-hydrogen) atoms. The molecule has 7 heteroatoms. The number of nitrogens with one attached hydrogen (secondary N) is 2. The maximum atomic E-state index is 12.4. The van der Waals surface area contributed by atoms with Gasteiger partial charge in [0.05, 0.1) is 12.8 Å². The molecule has 4 aromatic rings. The summed E-state index contributed by atoms with van der Waals surface area (Å²) in [6, 6.07) is 19.1. The summed E-state index contributed by atoms with van der Waals surface area (Å²) in [5.74, 6) is 1.45. The molecule has 0 radical (unpaired) electrons. The zero-order valence-electron chi connectivity index (χ0n) is 16.9. The maximum absolute atomic E-state index is 12.4. The highest BCUT2D eigenvalue weighted by molar-refractivity contribution is 5.91. The number of imidazole rings is 1. The fourth-order valence-electron chi connectivity index (χ4n) is 3.35. The molecular weight excluding hydrogens is 378 g/mol. The van der Waals surface area contributed by atoms with Gasteiger partial charge in [0.1, 0.15) is 17.1 Å². The van der Waals surface area contributed by atoms with E-state index in [1.807, 2.05) is 72.2 Å². The lowest BCUT2D eigenvalue weighted by molar-refractivity contribution is 0.252. The van der Waals surface area contributed by atoms with E-state index >= 15 is 0 Å². The van der Waals surface area contributed by atoms with Crippen LogP contribution < -0.4 is 15.4 Å². The van der Waals surface area contributed by atoms with E-state index in [9.17, 15) is 4.79 Å². The van der Waals surface area contributed by atoms with Crippen molar-refractivity contribution < 1.29 is 9.53 Å². The summed E-state index contributed by atoms with van der Waals surface area (Å²) in [6.07, 6.45) is 2.32. The van der Waals surface area contributed by atoms with Gasteiger partial charge < -0.3 is 15.4 Å². The van der Waals surface area contributed by atoms with Crippen molar-refractivity contribution in [3.63, 3.8) is 0 Å². The molecule has 2 heterocycles. The number of ether oxygens (including phenoxy) is 1. The van der Waals surface area contributed by atoms with Crippen LogP contribution >= 0.6 is 0 Å². The fourth-order valence-corrected chi connectivity index (χ4v) is 3.35. The monoisotopic (exact) mass is 401 g/mol. The van der Waals surface area contributed by atoms with Crippen molar-refractivity contribution in [1.29, 1.82) is 0 Å². The van der Waals surface area contributed by atoms with Crippen LogP contribution in [0.2, 0.25) is 0 Å². The summed E-state index contributed by atoms with van der Waals surface area (Å²) < 4.78 is 7.34. The summed E-state index contributed by atoms with van der Waals surface area (Å²) in [6.45, 7) is 2.39. The van der Waals surface area contributed by atoms with E-state index in [1.54, 1.807) is 13.3 Å². The molecule has 4 rings (SSSR count). The van der Waals surface area contributed by atoms with E-state index in [1.165, 1.54) is 0 Å². The second-order valence-electron chi connectivity index (χ2n) is 6.88. The number of rotatable bonds is 6. The highest BCUT2D eigenvalue weighted by atomic mass is 16.5. The number of anilines is 1. The Morgan fingerprint density at radius 2 is 1.93 bits per heavy atom. The number of carbonyl (C=O) groups excluding carboxylic acids is 1. The van der Waals surface area contributed by atoms with Crippen LogP contribution in [0.4, 0.5) is 10.5 Å². The molecule has 2 aromatic carbocycles. The van der Waals surface area contributed by atoms with Crippen molar-refractivity contribution in [2.45, 2.75) is 13.3 Å². The molecule has 0 unspecified atom stereocenters. The summed E-state index contributed by atoms with van der Waals surface area (Å²) >= 11 is 0. The summed E-state index contributed by atoms with van der Waals surface area (Å²) in [7, 11) is 1.58. The number of aromatic nitrogens is 3. The largest absolute Gasteiger partial charge is 0.495 e. The van der Waals surface area contributed by atoms with Crippen LogP contribution in [0.3, 0.4) is 0 Å². The molecule has 0 atom stereocenters. The molecule has 2 N–H and O–H groups in total. The van der Waals surface area contributed by atoms with Crippen LogP contribution in [-0.2, 0) is 6.42 Å². The van der Waals surface area contributed by atoms with Gasteiger partial charge in [-0.05, 0) is 48.9 Å². The molecule has 2 aromatic heterocycles. The molecular formula is C23H23N5O2. The minimum absolute atomic E-state index is 0.292. The van der Waals surface area contributed by atoms with Crippen LogP contribution in [0.25, 0.3) is 16.9 Å². The lowest BCUT2D eigenvalue weighted by Crippen LogP contribution is -2.31. The summed E-state index contributed by atoms with van der Waals surface area (Å²) in [4.78, 5) is 21.6. The number of hydrogen-bond donors (Lipinski definition) is 2. The van der Waals surface area contributed by atoms with Crippen molar-refractivity contribution in [3.8, 4) is 11.4 Å². The van der Waals surface area contributed by atoms with Gasteiger partial charge in [-0.25, -0.2) is 14.8 Å². The number of urea groups is 1. The normalized spacial score (nSPS) is 10.7. The van der Waals surface area contributed by atoms with E-state index < -0.39 is 0 Å². The Hall–Kier alpha value is -3.87. The van der Waals surface area contributed by atoms with Gasteiger partial charge in [-0.1, -0.05) is 24.3 Å². The average molecular weight is 401 g/mol. The van der Waals surface area contributed by atoms with Crippen molar-refractivity contribution in [2.24, 2.45) is 0 Å². The lowest BCUT2D eigenvalue weighted by Gasteiger charge is -2.12. The quantitative estimate of drug-likeness (QED) is 0.510. The molecule has 0 saturated carbocycles. The molecule has 0 fully saturated rings. The molecule has 0 aliphatic rings. The number of carbonyl (C=O) groups is 1. The van der Waals surface area contributed by atoms with Crippen LogP contribution in [0.15, 0.2) is 66.9 Å². The van der Waals surface area contributed by atoms with Gasteiger partial charge in [-0.3, -0.25) is 4.57 Å². The van der Waals surface area contributed by atoms with E-state index in [0.717, 1.165) is 28.2 Å². The molecule has 0 aliphatic carbocycles. The first-order chi connectivity index (χ1) is 14.7. The summed E-state index contributed by atoms with van der Waals surface area (Å²) in [5.41, 5.74) is 4.28. The van der Waals surface area contributed by atoms with Gasteiger partial charge in [0.15, 0.2) is 5.65 Å². The molecule has 0 aliphatic heterocycles. The van der Waals surface area contributed by atoms with Crippen LogP contribution in [-0.4, -0.2) is 34.2 Å². The number of nitrogens with zero attached hydrogens (tertiary/aromatic N) is 3. The van der Waals surface area contributed by atoms with Crippen LogP contribution in [0.1, 0.15) is 11.4 Å². The molecule has 152 valence electrons. The summed E-state index contributed by atoms with van der Waals surface area (Å²) in [5, 5.41) is 5.74. The zero-order chi connectivity index (χ0) is 20.9. The number of pyridine rings is 1. The van der Waals surface area contributed by atoms with E-state index in [4.69, 9.17) is 9.72 Å². The van der Waals surface area contributed by atoms with Crippen LogP contribution in [0, 0.1) is 6.92 Å². The van der Waals surface area contributed by atoms with Gasteiger partial charge in [0, 0.05) is 24.8 Å². The Balaban J connectivity index is 1.48. The number of para-hydroxylation sites is 1. The first-order valence-electron chi connectivity index (χ1n) is 9.73. The third-order valence-corrected chi connectivity index (χ3v) is 4.74. The fraction of sp³-hybridized carbons (Fsp3) is 0.174. The Bertz CT molecular complexity index is 1170. The lowest BCUT2D eigenvalue weighted by atomic mass is 10.2. The SMILES string of the molecule is COc1ccc(C)cc1NC(=O)NCCc1nc2cccnc2n1-c1ccccc1. The van der Waals surface area contributed by atoms with Gasteiger partial charge in [0.25, 0.3) is 0 Å². The molecule has 0 saturated heterocycles. The number of hydrogen-bond acceptors (Lipinski definition) is 4. The number of amides is 2. The molecule has 7 nitrogen and oxygen atoms in total. The Labute approximate surface area is 174 Å². The van der Waals surface area contributed by atoms with Gasteiger partial charge in [-0.2, -0.15) is 0 Å². The van der Waals surface area contributed by atoms with E-state index in [0.29, 0.717) is 24.4 Å². The third kappa shape index (κ3) is 4.10. The highest BCUT2D eigenvalue weighted by Gasteiger charge is 2.14. The number of fused-ring (bicyclic) bond motifs is 1. The maximum Gasteiger partial charge on any atom is 0.319 e. The first kappa shape index (κ1) is 19.4. The smallest absolute Gasteiger partial charge is 0.319 e. The van der Waals surface area contributed by atoms with Crippen molar-refractivity contribution in [3.05, 3.63) is 78.2 Å². The number of aryl methyl sites for hydroxylation is 1. The van der Waals surface area contributed by atoms with Gasteiger partial charge >= 0.3 is 6.03 Å². The van der Waals surface area contributed by atoms with E-state index in [2.05, 4.69) is 15.6 Å². The Morgan fingerprint density at radius 1 is 1.10 bits per heavy atom. The topological polar surface area (TPSA) is 81.1 Å². The van der Waals surface area contributed by atoms with Gasteiger partial charge in [0.2, 0.25) is 0 Å². The van der Waals surface area contributed by atoms with Gasteiger partial charge in [-0.15, -0.1) is 0 Å². The second-order valence-corrected chi connectivity index (χ2v) is 6.88.